The van der Waals surface area contributed by atoms with Crippen LogP contribution in [-0.4, -0.2) is 38.6 Å². The molecule has 1 N–H and O–H groups in total. The molecule has 0 saturated carbocycles. The summed E-state index contributed by atoms with van der Waals surface area (Å²) in [4.78, 5) is 14.1. The summed E-state index contributed by atoms with van der Waals surface area (Å²) in [5.74, 6) is 1.03. The van der Waals surface area contributed by atoms with E-state index in [0.29, 0.717) is 18.0 Å². The first-order valence-corrected chi connectivity index (χ1v) is 8.24. The molecule has 0 atom stereocenters. The Morgan fingerprint density at radius 2 is 1.72 bits per heavy atom. The van der Waals surface area contributed by atoms with Crippen LogP contribution in [0.2, 0.25) is 0 Å². The lowest BCUT2D eigenvalue weighted by molar-refractivity contribution is -0.123. The standard InChI is InChI=1S/C20H26N2O3/c1-15-5-10-18(19(11-15)24-4)25-14-20(23)21-12-16-6-8-17(9-7-16)13-22(2)3/h5-11H,12-14H2,1-4H3,(H,21,23). The third kappa shape index (κ3) is 6.12. The monoisotopic (exact) mass is 342 g/mol. The average molecular weight is 342 g/mol. The van der Waals surface area contributed by atoms with E-state index in [1.54, 1.807) is 7.11 Å². The predicted molar refractivity (Wildman–Crippen MR) is 98.9 cm³/mol. The predicted octanol–water partition coefficient (Wildman–Crippen LogP) is 2.76. The van der Waals surface area contributed by atoms with Gasteiger partial charge in [-0.25, -0.2) is 0 Å². The van der Waals surface area contributed by atoms with E-state index in [1.807, 2.05) is 51.4 Å². The number of nitrogens with one attached hydrogen (secondary N) is 1. The molecule has 1 amide bonds. The summed E-state index contributed by atoms with van der Waals surface area (Å²) in [6.07, 6.45) is 0. The number of hydrogen-bond donors (Lipinski definition) is 1. The van der Waals surface area contributed by atoms with E-state index < -0.39 is 0 Å². The van der Waals surface area contributed by atoms with Crippen LogP contribution in [0.1, 0.15) is 16.7 Å². The van der Waals surface area contributed by atoms with Gasteiger partial charge in [0.05, 0.1) is 7.11 Å². The first-order valence-electron chi connectivity index (χ1n) is 8.24. The van der Waals surface area contributed by atoms with Crippen molar-refractivity contribution < 1.29 is 14.3 Å². The van der Waals surface area contributed by atoms with Gasteiger partial charge in [-0.3, -0.25) is 4.79 Å². The third-order valence-corrected chi connectivity index (χ3v) is 3.69. The molecule has 0 radical (unpaired) electrons. The molecule has 0 spiro atoms. The molecular weight excluding hydrogens is 316 g/mol. The molecule has 0 aromatic heterocycles. The number of carbonyl (C=O) groups excluding carboxylic acids is 1. The first-order chi connectivity index (χ1) is 12.0. The number of carbonyl (C=O) groups is 1. The molecule has 0 aliphatic carbocycles. The van der Waals surface area contributed by atoms with Crippen LogP contribution in [0.25, 0.3) is 0 Å². The van der Waals surface area contributed by atoms with Gasteiger partial charge in [-0.15, -0.1) is 0 Å². The molecular formula is C20H26N2O3. The van der Waals surface area contributed by atoms with Crippen LogP contribution >= 0.6 is 0 Å². The van der Waals surface area contributed by atoms with E-state index in [0.717, 1.165) is 17.7 Å². The maximum absolute atomic E-state index is 12.0. The van der Waals surface area contributed by atoms with E-state index in [2.05, 4.69) is 22.3 Å². The molecule has 0 aliphatic heterocycles. The highest BCUT2D eigenvalue weighted by Gasteiger charge is 2.08. The van der Waals surface area contributed by atoms with Crippen LogP contribution < -0.4 is 14.8 Å². The molecule has 25 heavy (non-hydrogen) atoms. The quantitative estimate of drug-likeness (QED) is 0.801. The van der Waals surface area contributed by atoms with Gasteiger partial charge in [0.2, 0.25) is 0 Å². The molecule has 0 saturated heterocycles. The van der Waals surface area contributed by atoms with Gasteiger partial charge in [0, 0.05) is 13.1 Å². The van der Waals surface area contributed by atoms with Gasteiger partial charge in [-0.05, 0) is 49.8 Å². The SMILES string of the molecule is COc1cc(C)ccc1OCC(=O)NCc1ccc(CN(C)C)cc1. The number of nitrogens with zero attached hydrogens (tertiary/aromatic N) is 1. The van der Waals surface area contributed by atoms with Crippen LogP contribution in [0.15, 0.2) is 42.5 Å². The van der Waals surface area contributed by atoms with E-state index in [1.165, 1.54) is 5.56 Å². The minimum absolute atomic E-state index is 0.0435. The van der Waals surface area contributed by atoms with E-state index in [4.69, 9.17) is 9.47 Å². The molecule has 2 aromatic rings. The van der Waals surface area contributed by atoms with Gasteiger partial charge in [-0.1, -0.05) is 30.3 Å². The second-order valence-corrected chi connectivity index (χ2v) is 6.27. The Morgan fingerprint density at radius 1 is 1.04 bits per heavy atom. The maximum Gasteiger partial charge on any atom is 0.258 e. The Balaban J connectivity index is 1.81. The van der Waals surface area contributed by atoms with Gasteiger partial charge >= 0.3 is 0 Å². The van der Waals surface area contributed by atoms with E-state index >= 15 is 0 Å². The minimum atomic E-state index is -0.167. The molecule has 2 rings (SSSR count). The molecule has 0 bridgehead atoms. The second-order valence-electron chi connectivity index (χ2n) is 6.27. The van der Waals surface area contributed by atoms with Crippen molar-refractivity contribution in [2.75, 3.05) is 27.8 Å². The number of methoxy groups -OCH3 is 1. The smallest absolute Gasteiger partial charge is 0.258 e. The number of amides is 1. The highest BCUT2D eigenvalue weighted by Crippen LogP contribution is 2.27. The number of rotatable bonds is 8. The Hall–Kier alpha value is -2.53. The lowest BCUT2D eigenvalue weighted by Crippen LogP contribution is -2.28. The molecule has 2 aromatic carbocycles. The van der Waals surface area contributed by atoms with Gasteiger partial charge in [0.15, 0.2) is 18.1 Å². The Kier molecular flexibility index (Phi) is 6.83. The van der Waals surface area contributed by atoms with Gasteiger partial charge < -0.3 is 19.7 Å². The van der Waals surface area contributed by atoms with Crippen molar-refractivity contribution in [3.05, 3.63) is 59.2 Å². The number of ether oxygens (including phenoxy) is 2. The van der Waals surface area contributed by atoms with Crippen LogP contribution in [0.4, 0.5) is 0 Å². The summed E-state index contributed by atoms with van der Waals surface area (Å²) in [5, 5.41) is 2.86. The number of aryl methyl sites for hydroxylation is 1. The zero-order chi connectivity index (χ0) is 18.2. The summed E-state index contributed by atoms with van der Waals surface area (Å²) in [5.41, 5.74) is 3.38. The Bertz CT molecular complexity index is 697. The maximum atomic E-state index is 12.0. The van der Waals surface area contributed by atoms with Crippen molar-refractivity contribution in [3.8, 4) is 11.5 Å². The van der Waals surface area contributed by atoms with Crippen molar-refractivity contribution in [2.45, 2.75) is 20.0 Å². The highest BCUT2D eigenvalue weighted by atomic mass is 16.5. The van der Waals surface area contributed by atoms with Crippen molar-refractivity contribution in [1.82, 2.24) is 10.2 Å². The summed E-state index contributed by atoms with van der Waals surface area (Å²) in [7, 11) is 5.66. The second kappa shape index (κ2) is 9.08. The average Bonchev–Trinajstić information content (AvgIpc) is 2.59. The number of hydrogen-bond acceptors (Lipinski definition) is 4. The number of benzene rings is 2. The fourth-order valence-electron chi connectivity index (χ4n) is 2.42. The molecule has 0 unspecified atom stereocenters. The zero-order valence-electron chi connectivity index (χ0n) is 15.3. The Morgan fingerprint density at radius 3 is 2.36 bits per heavy atom. The summed E-state index contributed by atoms with van der Waals surface area (Å²) in [6, 6.07) is 13.8. The van der Waals surface area contributed by atoms with E-state index in [-0.39, 0.29) is 12.5 Å². The van der Waals surface area contributed by atoms with Gasteiger partial charge in [0.25, 0.3) is 5.91 Å². The fourth-order valence-corrected chi connectivity index (χ4v) is 2.42. The lowest BCUT2D eigenvalue weighted by Gasteiger charge is -2.12. The molecule has 0 fully saturated rings. The van der Waals surface area contributed by atoms with Crippen LogP contribution in [0.3, 0.4) is 0 Å². The van der Waals surface area contributed by atoms with Crippen LogP contribution in [0, 0.1) is 6.92 Å². The fraction of sp³-hybridized carbons (Fsp3) is 0.350. The molecule has 0 aliphatic rings. The Labute approximate surface area is 149 Å². The van der Waals surface area contributed by atoms with Gasteiger partial charge in [-0.2, -0.15) is 0 Å². The van der Waals surface area contributed by atoms with Crippen molar-refractivity contribution in [1.29, 1.82) is 0 Å². The van der Waals surface area contributed by atoms with Crippen LogP contribution in [0.5, 0.6) is 11.5 Å². The molecule has 5 nitrogen and oxygen atoms in total. The largest absolute Gasteiger partial charge is 0.493 e. The van der Waals surface area contributed by atoms with Crippen molar-refractivity contribution in [2.24, 2.45) is 0 Å². The summed E-state index contributed by atoms with van der Waals surface area (Å²) < 4.78 is 10.8. The van der Waals surface area contributed by atoms with Crippen molar-refractivity contribution >= 4 is 5.91 Å². The normalized spacial score (nSPS) is 10.6. The van der Waals surface area contributed by atoms with Crippen molar-refractivity contribution in [3.63, 3.8) is 0 Å². The molecule has 5 heteroatoms. The topological polar surface area (TPSA) is 50.8 Å². The molecule has 0 heterocycles. The van der Waals surface area contributed by atoms with E-state index in [9.17, 15) is 4.79 Å². The minimum Gasteiger partial charge on any atom is -0.493 e. The lowest BCUT2D eigenvalue weighted by atomic mass is 10.1. The van der Waals surface area contributed by atoms with Crippen LogP contribution in [-0.2, 0) is 17.9 Å². The first kappa shape index (κ1) is 18.8. The molecule has 134 valence electrons. The summed E-state index contributed by atoms with van der Waals surface area (Å²) in [6.45, 7) is 3.31. The summed E-state index contributed by atoms with van der Waals surface area (Å²) >= 11 is 0. The van der Waals surface area contributed by atoms with Gasteiger partial charge in [0.1, 0.15) is 0 Å². The zero-order valence-corrected chi connectivity index (χ0v) is 15.3. The highest BCUT2D eigenvalue weighted by molar-refractivity contribution is 5.77. The third-order valence-electron chi connectivity index (χ3n) is 3.69.